The number of carbonyl (C=O) groups is 3. The number of alkyl halides is 2. The number of halogens is 3. The molecule has 1 aromatic carbocycles. The molecule has 1 N–H and O–H groups in total. The molecule has 1 atom stereocenters. The van der Waals surface area contributed by atoms with Crippen LogP contribution in [0, 0.1) is 5.82 Å². The number of hydroxylamine groups is 2. The summed E-state index contributed by atoms with van der Waals surface area (Å²) in [6.07, 6.45) is -1.90. The summed E-state index contributed by atoms with van der Waals surface area (Å²) in [5.74, 6) is -1.80. The molecule has 10 nitrogen and oxygen atoms in total. The second-order valence-electron chi connectivity index (χ2n) is 8.15. The minimum Gasteiger partial charge on any atom is -0.444 e. The summed E-state index contributed by atoms with van der Waals surface area (Å²) >= 11 is 0. The van der Waals surface area contributed by atoms with Gasteiger partial charge in [0.05, 0.1) is 31.1 Å². The Labute approximate surface area is 204 Å². The first-order chi connectivity index (χ1) is 17.3. The summed E-state index contributed by atoms with van der Waals surface area (Å²) in [6.45, 7) is 0.957. The summed E-state index contributed by atoms with van der Waals surface area (Å²) in [4.78, 5) is 48.1. The molecule has 0 radical (unpaired) electrons. The minimum absolute atomic E-state index is 0.0211. The zero-order valence-corrected chi connectivity index (χ0v) is 19.1. The van der Waals surface area contributed by atoms with Crippen LogP contribution in [0.5, 0.6) is 0 Å². The highest BCUT2D eigenvalue weighted by atomic mass is 19.3. The Bertz CT molecular complexity index is 1110. The predicted molar refractivity (Wildman–Crippen MR) is 122 cm³/mol. The number of nitrogens with zero attached hydrogens (tertiary/aromatic N) is 4. The molecule has 36 heavy (non-hydrogen) atoms. The average Bonchev–Trinajstić information content (AvgIpc) is 3.07. The number of urea groups is 1. The van der Waals surface area contributed by atoms with Crippen LogP contribution in [0.4, 0.5) is 39.8 Å². The van der Waals surface area contributed by atoms with Crippen molar-refractivity contribution in [1.82, 2.24) is 10.0 Å². The highest BCUT2D eigenvalue weighted by Crippen LogP contribution is 2.29. The molecule has 2 aliphatic rings. The van der Waals surface area contributed by atoms with Gasteiger partial charge in [0, 0.05) is 37.6 Å². The molecule has 3 heterocycles. The number of rotatable bonds is 7. The Morgan fingerprint density at radius 1 is 1.14 bits per heavy atom. The van der Waals surface area contributed by atoms with Crippen molar-refractivity contribution >= 4 is 35.0 Å². The third kappa shape index (κ3) is 6.03. The molecule has 1 aromatic heterocycles. The van der Waals surface area contributed by atoms with Gasteiger partial charge < -0.3 is 15.0 Å². The summed E-state index contributed by atoms with van der Waals surface area (Å²) in [5, 5.41) is 3.87. The van der Waals surface area contributed by atoms with Crippen LogP contribution in [0.15, 0.2) is 42.7 Å². The third-order valence-electron chi connectivity index (χ3n) is 5.75. The van der Waals surface area contributed by atoms with Crippen LogP contribution < -0.4 is 15.1 Å². The fourth-order valence-electron chi connectivity index (χ4n) is 3.89. The molecule has 13 heteroatoms. The van der Waals surface area contributed by atoms with Gasteiger partial charge >= 0.3 is 12.1 Å². The monoisotopic (exact) mass is 507 g/mol. The number of nitrogens with one attached hydrogen (secondary N) is 1. The molecule has 0 aliphatic carbocycles. The van der Waals surface area contributed by atoms with Gasteiger partial charge in [-0.1, -0.05) is 0 Å². The number of ketones is 1. The maximum Gasteiger partial charge on any atom is 0.414 e. The van der Waals surface area contributed by atoms with Crippen LogP contribution in [0.2, 0.25) is 0 Å². The number of amides is 3. The second kappa shape index (κ2) is 11.2. The van der Waals surface area contributed by atoms with Gasteiger partial charge in [-0.25, -0.2) is 27.8 Å². The van der Waals surface area contributed by atoms with Crippen molar-refractivity contribution < 1.29 is 37.1 Å². The molecule has 2 fully saturated rings. The van der Waals surface area contributed by atoms with Crippen molar-refractivity contribution in [2.45, 2.75) is 25.4 Å². The number of benzene rings is 1. The van der Waals surface area contributed by atoms with E-state index in [9.17, 15) is 23.2 Å². The molecule has 192 valence electrons. The maximum atomic E-state index is 15.0. The van der Waals surface area contributed by atoms with E-state index in [1.54, 1.807) is 35.5 Å². The van der Waals surface area contributed by atoms with Crippen molar-refractivity contribution in [3.05, 3.63) is 48.5 Å². The Balaban J connectivity index is 1.35. The molecular formula is C23H24F3N5O5. The number of ether oxygens (including phenoxy) is 1. The quantitative estimate of drug-likeness (QED) is 0.612. The smallest absolute Gasteiger partial charge is 0.414 e. The van der Waals surface area contributed by atoms with Crippen molar-refractivity contribution in [3.63, 3.8) is 0 Å². The van der Waals surface area contributed by atoms with Crippen LogP contribution in [0.25, 0.3) is 0 Å². The number of hydrogen-bond donors (Lipinski definition) is 1. The van der Waals surface area contributed by atoms with Gasteiger partial charge in [0.15, 0.2) is 5.78 Å². The molecule has 0 saturated carbocycles. The summed E-state index contributed by atoms with van der Waals surface area (Å²) in [5.41, 5.74) is 1.07. The van der Waals surface area contributed by atoms with Gasteiger partial charge in [-0.05, 0) is 36.8 Å². The van der Waals surface area contributed by atoms with E-state index in [-0.39, 0.29) is 37.5 Å². The number of carbonyl (C=O) groups excluding carboxylic acids is 3. The number of aromatic nitrogens is 1. The number of Topliss-reactive ketones (excluding diaryl/α,β-unsaturated/α-hetero) is 1. The number of cyclic esters (lactones) is 1. The van der Waals surface area contributed by atoms with Crippen molar-refractivity contribution in [1.29, 1.82) is 0 Å². The van der Waals surface area contributed by atoms with Crippen LogP contribution in [0.3, 0.4) is 0 Å². The molecule has 0 unspecified atom stereocenters. The number of pyridine rings is 1. The van der Waals surface area contributed by atoms with Crippen LogP contribution in [-0.2, 0) is 14.4 Å². The molecule has 0 bridgehead atoms. The molecule has 2 aliphatic heterocycles. The van der Waals surface area contributed by atoms with E-state index in [2.05, 4.69) is 10.3 Å². The summed E-state index contributed by atoms with van der Waals surface area (Å²) in [6, 6.07) is 7.06. The zero-order chi connectivity index (χ0) is 25.7. The molecule has 2 saturated heterocycles. The van der Waals surface area contributed by atoms with E-state index in [0.717, 1.165) is 0 Å². The lowest BCUT2D eigenvalue weighted by atomic mass is 10.1. The number of hydrogen-bond acceptors (Lipinski definition) is 7. The van der Waals surface area contributed by atoms with E-state index < -0.39 is 42.7 Å². The van der Waals surface area contributed by atoms with Crippen molar-refractivity contribution in [2.75, 3.05) is 47.9 Å². The Kier molecular flexibility index (Phi) is 7.88. The topological polar surface area (TPSA) is 104 Å². The van der Waals surface area contributed by atoms with E-state index in [1.165, 1.54) is 22.1 Å². The second-order valence-corrected chi connectivity index (χ2v) is 8.15. The molecular weight excluding hydrogens is 483 g/mol. The molecule has 0 spiro atoms. The molecule has 3 amide bonds. The Hall–Kier alpha value is -3.87. The van der Waals surface area contributed by atoms with Gasteiger partial charge in [0.25, 0.3) is 6.43 Å². The average molecular weight is 507 g/mol. The van der Waals surface area contributed by atoms with Gasteiger partial charge in [-0.15, -0.1) is 0 Å². The van der Waals surface area contributed by atoms with Crippen LogP contribution in [-0.4, -0.2) is 73.3 Å². The van der Waals surface area contributed by atoms with Gasteiger partial charge in [0.1, 0.15) is 11.9 Å². The maximum absolute atomic E-state index is 15.0. The van der Waals surface area contributed by atoms with E-state index in [1.807, 2.05) is 0 Å². The van der Waals surface area contributed by atoms with Crippen LogP contribution in [0.1, 0.15) is 12.8 Å². The molecule has 4 rings (SSSR count). The first-order valence-corrected chi connectivity index (χ1v) is 11.3. The van der Waals surface area contributed by atoms with E-state index in [4.69, 9.17) is 9.57 Å². The van der Waals surface area contributed by atoms with Crippen LogP contribution >= 0.6 is 0 Å². The summed E-state index contributed by atoms with van der Waals surface area (Å²) < 4.78 is 44.9. The van der Waals surface area contributed by atoms with Crippen molar-refractivity contribution in [2.24, 2.45) is 0 Å². The normalized spacial score (nSPS) is 18.3. The highest BCUT2D eigenvalue weighted by molar-refractivity contribution is 5.90. The fraction of sp³-hybridized carbons (Fsp3) is 0.391. The largest absolute Gasteiger partial charge is 0.444 e. The van der Waals surface area contributed by atoms with Gasteiger partial charge in [0.2, 0.25) is 0 Å². The Morgan fingerprint density at radius 2 is 1.92 bits per heavy atom. The van der Waals surface area contributed by atoms with Gasteiger partial charge in [-0.2, -0.15) is 0 Å². The van der Waals surface area contributed by atoms with Crippen molar-refractivity contribution in [3.8, 4) is 0 Å². The lowest BCUT2D eigenvalue weighted by Gasteiger charge is -2.24. The lowest BCUT2D eigenvalue weighted by Crippen LogP contribution is -2.37. The Morgan fingerprint density at radius 3 is 2.64 bits per heavy atom. The standard InChI is InChI=1S/C23H24F3N5O5/c24-18-13-16(30-14-17(36-23(30)34)2-4-20(32)21(25)26)1-3-19(18)29-9-10-31(35-12-11-29)22(33)28-15-5-7-27-8-6-15/h1,3,5-8,13,17,21H,2,4,9-12,14H2,(H,27,28,33)/t17-/m0/s1. The van der Waals surface area contributed by atoms with E-state index >= 15 is 4.39 Å². The highest BCUT2D eigenvalue weighted by Gasteiger charge is 2.33. The molecule has 2 aromatic rings. The first-order valence-electron chi connectivity index (χ1n) is 11.3. The SMILES string of the molecule is O=C(CC[C@H]1CN(c2ccc(N3CCON(C(=O)Nc4ccncc4)CC3)c(F)c2)C(=O)O1)C(F)F. The summed E-state index contributed by atoms with van der Waals surface area (Å²) in [7, 11) is 0. The van der Waals surface area contributed by atoms with E-state index in [0.29, 0.717) is 18.8 Å². The van der Waals surface area contributed by atoms with Gasteiger partial charge in [-0.3, -0.25) is 19.5 Å². The minimum atomic E-state index is -3.06. The predicted octanol–water partition coefficient (Wildman–Crippen LogP) is 3.45. The number of anilines is 3. The first kappa shape index (κ1) is 25.2. The fourth-order valence-corrected chi connectivity index (χ4v) is 3.89. The lowest BCUT2D eigenvalue weighted by molar-refractivity contribution is -0.129. The zero-order valence-electron chi connectivity index (χ0n) is 19.1. The third-order valence-corrected chi connectivity index (χ3v) is 5.75.